The molecule has 1 aromatic carbocycles. The van der Waals surface area contributed by atoms with Crippen LogP contribution in [0.4, 0.5) is 9.18 Å². The van der Waals surface area contributed by atoms with Crippen LogP contribution in [-0.4, -0.2) is 48.4 Å². The standard InChI is InChI=1S/C25H34FN3O5/c1-15(2)11-18(27-24(31)34-25(4,5)6)14-32-21-8-7-19-20-12-29(28-16(3)30)10-9-17(20)13-33-23(19)22(21)26/h7-10,15,18H,11-14H2,1-6H3,(H,27,31)(H,28,30)/t18-/m0/s1. The summed E-state index contributed by atoms with van der Waals surface area (Å²) in [5, 5.41) is 4.47. The average Bonchev–Trinajstić information content (AvgIpc) is 2.70. The van der Waals surface area contributed by atoms with Crippen LogP contribution in [0, 0.1) is 11.7 Å². The van der Waals surface area contributed by atoms with Crippen LogP contribution in [0.1, 0.15) is 53.5 Å². The van der Waals surface area contributed by atoms with Gasteiger partial charge in [0.05, 0.1) is 12.6 Å². The first-order valence-electron chi connectivity index (χ1n) is 11.4. The van der Waals surface area contributed by atoms with Gasteiger partial charge in [-0.2, -0.15) is 4.39 Å². The predicted octanol–water partition coefficient (Wildman–Crippen LogP) is 4.17. The number of carbonyl (C=O) groups is 2. The zero-order chi connectivity index (χ0) is 25.0. The van der Waals surface area contributed by atoms with Crippen molar-refractivity contribution >= 4 is 17.6 Å². The third-order valence-electron chi connectivity index (χ3n) is 5.15. The lowest BCUT2D eigenvalue weighted by molar-refractivity contribution is -0.122. The van der Waals surface area contributed by atoms with Crippen LogP contribution in [0.2, 0.25) is 0 Å². The minimum atomic E-state index is -0.618. The van der Waals surface area contributed by atoms with Gasteiger partial charge in [0.25, 0.3) is 0 Å². The van der Waals surface area contributed by atoms with Crippen LogP contribution in [0.15, 0.2) is 30.0 Å². The SMILES string of the molecule is CC(=O)NN1C=CC2=C(C1)c1ccc(OC[C@H](CC(C)C)NC(=O)OC(C)(C)C)c(F)c1OC2. The van der Waals surface area contributed by atoms with Gasteiger partial charge < -0.3 is 19.5 Å². The molecule has 34 heavy (non-hydrogen) atoms. The van der Waals surface area contributed by atoms with E-state index in [1.54, 1.807) is 44.1 Å². The van der Waals surface area contributed by atoms with Gasteiger partial charge in [0.1, 0.15) is 18.8 Å². The van der Waals surface area contributed by atoms with Gasteiger partial charge in [0.15, 0.2) is 11.5 Å². The highest BCUT2D eigenvalue weighted by atomic mass is 19.1. The lowest BCUT2D eigenvalue weighted by Crippen LogP contribution is -2.42. The fourth-order valence-corrected chi connectivity index (χ4v) is 3.86. The summed E-state index contributed by atoms with van der Waals surface area (Å²) in [6.45, 7) is 11.6. The summed E-state index contributed by atoms with van der Waals surface area (Å²) in [5.74, 6) is -0.323. The number of hydrogen-bond donors (Lipinski definition) is 2. The molecule has 2 aliphatic heterocycles. The smallest absolute Gasteiger partial charge is 0.407 e. The molecule has 2 aliphatic rings. The lowest BCUT2D eigenvalue weighted by atomic mass is 9.94. The number of benzene rings is 1. The molecule has 2 N–H and O–H groups in total. The molecule has 9 heteroatoms. The molecular weight excluding hydrogens is 441 g/mol. The number of carbonyl (C=O) groups excluding carboxylic acids is 2. The van der Waals surface area contributed by atoms with Gasteiger partial charge in [-0.1, -0.05) is 13.8 Å². The maximum absolute atomic E-state index is 15.3. The topological polar surface area (TPSA) is 89.1 Å². The van der Waals surface area contributed by atoms with E-state index in [4.69, 9.17) is 14.2 Å². The van der Waals surface area contributed by atoms with E-state index in [2.05, 4.69) is 10.7 Å². The summed E-state index contributed by atoms with van der Waals surface area (Å²) in [7, 11) is 0. The van der Waals surface area contributed by atoms with Crippen LogP contribution in [0.5, 0.6) is 11.5 Å². The van der Waals surface area contributed by atoms with Crippen LogP contribution in [-0.2, 0) is 9.53 Å². The zero-order valence-corrected chi connectivity index (χ0v) is 20.7. The molecule has 0 bridgehead atoms. The minimum absolute atomic E-state index is 0.0487. The van der Waals surface area contributed by atoms with Crippen LogP contribution >= 0.6 is 0 Å². The fourth-order valence-electron chi connectivity index (χ4n) is 3.86. The predicted molar refractivity (Wildman–Crippen MR) is 127 cm³/mol. The number of hydrazine groups is 1. The van der Waals surface area contributed by atoms with E-state index in [9.17, 15) is 9.59 Å². The molecule has 1 aromatic rings. The van der Waals surface area contributed by atoms with Crippen molar-refractivity contribution in [3.63, 3.8) is 0 Å². The van der Waals surface area contributed by atoms with Crippen LogP contribution in [0.25, 0.3) is 5.57 Å². The quantitative estimate of drug-likeness (QED) is 0.615. The summed E-state index contributed by atoms with van der Waals surface area (Å²) in [6.07, 6.45) is 3.71. The Balaban J connectivity index is 1.73. The number of amides is 2. The molecule has 0 unspecified atom stereocenters. The number of nitrogens with zero attached hydrogens (tertiary/aromatic N) is 1. The van der Waals surface area contributed by atoms with E-state index in [-0.39, 0.29) is 42.6 Å². The Bertz CT molecular complexity index is 997. The third kappa shape index (κ3) is 6.65. The van der Waals surface area contributed by atoms with Crippen molar-refractivity contribution in [2.24, 2.45) is 5.92 Å². The van der Waals surface area contributed by atoms with Gasteiger partial charge in [-0.15, -0.1) is 0 Å². The first kappa shape index (κ1) is 25.4. The second-order valence-electron chi connectivity index (χ2n) is 9.94. The number of nitrogens with one attached hydrogen (secondary N) is 2. The van der Waals surface area contributed by atoms with Crippen molar-refractivity contribution in [1.82, 2.24) is 15.8 Å². The van der Waals surface area contributed by atoms with Gasteiger partial charge in [0, 0.05) is 18.7 Å². The first-order valence-corrected chi connectivity index (χ1v) is 11.4. The Morgan fingerprint density at radius 3 is 2.65 bits per heavy atom. The Kier molecular flexibility index (Phi) is 7.74. The molecule has 186 valence electrons. The molecule has 1 atom stereocenters. The normalized spacial score (nSPS) is 15.8. The summed E-state index contributed by atoms with van der Waals surface area (Å²) in [4.78, 5) is 23.6. The molecule has 0 aliphatic carbocycles. The van der Waals surface area contributed by atoms with Crippen molar-refractivity contribution in [1.29, 1.82) is 0 Å². The number of rotatable bonds is 7. The molecule has 0 saturated carbocycles. The highest BCUT2D eigenvalue weighted by molar-refractivity contribution is 5.80. The number of hydrogen-bond acceptors (Lipinski definition) is 6. The maximum Gasteiger partial charge on any atom is 0.407 e. The number of fused-ring (bicyclic) bond motifs is 2. The monoisotopic (exact) mass is 475 g/mol. The van der Waals surface area contributed by atoms with Gasteiger partial charge in [-0.05, 0) is 62.5 Å². The van der Waals surface area contributed by atoms with E-state index in [0.29, 0.717) is 18.5 Å². The molecule has 2 amide bonds. The number of halogens is 1. The van der Waals surface area contributed by atoms with Gasteiger partial charge in [0.2, 0.25) is 11.7 Å². The second kappa shape index (κ2) is 10.4. The average molecular weight is 476 g/mol. The van der Waals surface area contributed by atoms with E-state index in [0.717, 1.165) is 11.1 Å². The van der Waals surface area contributed by atoms with Crippen molar-refractivity contribution in [3.8, 4) is 11.5 Å². The molecule has 0 fully saturated rings. The molecule has 0 radical (unpaired) electrons. The zero-order valence-electron chi connectivity index (χ0n) is 20.7. The highest BCUT2D eigenvalue weighted by Crippen LogP contribution is 2.40. The minimum Gasteiger partial charge on any atom is -0.488 e. The van der Waals surface area contributed by atoms with E-state index < -0.39 is 17.5 Å². The maximum atomic E-state index is 15.3. The summed E-state index contributed by atoms with van der Waals surface area (Å²) in [6, 6.07) is 2.97. The van der Waals surface area contributed by atoms with Gasteiger partial charge in [-0.25, -0.2) is 4.79 Å². The molecule has 0 spiro atoms. The summed E-state index contributed by atoms with van der Waals surface area (Å²) in [5.41, 5.74) is 4.53. The number of alkyl carbamates (subject to hydrolysis) is 1. The molecular formula is C25H34FN3O5. The molecule has 2 heterocycles. The third-order valence-corrected chi connectivity index (χ3v) is 5.15. The summed E-state index contributed by atoms with van der Waals surface area (Å²) >= 11 is 0. The summed E-state index contributed by atoms with van der Waals surface area (Å²) < 4.78 is 32.2. The lowest BCUT2D eigenvalue weighted by Gasteiger charge is -2.31. The van der Waals surface area contributed by atoms with Crippen molar-refractivity contribution < 1.29 is 28.2 Å². The Hall–Kier alpha value is -3.23. The second-order valence-corrected chi connectivity index (χ2v) is 9.94. The van der Waals surface area contributed by atoms with E-state index >= 15 is 4.39 Å². The van der Waals surface area contributed by atoms with E-state index in [1.165, 1.54) is 6.92 Å². The molecule has 0 saturated heterocycles. The van der Waals surface area contributed by atoms with Crippen molar-refractivity contribution in [2.75, 3.05) is 19.8 Å². The van der Waals surface area contributed by atoms with Crippen LogP contribution in [0.3, 0.4) is 0 Å². The van der Waals surface area contributed by atoms with Gasteiger partial charge in [-0.3, -0.25) is 15.2 Å². The van der Waals surface area contributed by atoms with Crippen molar-refractivity contribution in [2.45, 2.75) is 59.6 Å². The molecule has 0 aromatic heterocycles. The Morgan fingerprint density at radius 1 is 1.26 bits per heavy atom. The van der Waals surface area contributed by atoms with E-state index in [1.807, 2.05) is 19.9 Å². The van der Waals surface area contributed by atoms with Gasteiger partial charge >= 0.3 is 6.09 Å². The highest BCUT2D eigenvalue weighted by Gasteiger charge is 2.28. The number of ether oxygens (including phenoxy) is 3. The Morgan fingerprint density at radius 2 is 2.00 bits per heavy atom. The largest absolute Gasteiger partial charge is 0.488 e. The van der Waals surface area contributed by atoms with Crippen LogP contribution < -0.4 is 20.2 Å². The molecule has 3 rings (SSSR count). The fraction of sp³-hybridized carbons (Fsp3) is 0.520. The molecule has 8 nitrogen and oxygen atoms in total. The van der Waals surface area contributed by atoms with Crippen molar-refractivity contribution in [3.05, 3.63) is 41.4 Å². The first-order chi connectivity index (χ1) is 15.9. The Labute approximate surface area is 200 Å².